The summed E-state index contributed by atoms with van der Waals surface area (Å²) in [5, 5.41) is 4.32. The molecule has 2 rings (SSSR count). The van der Waals surface area contributed by atoms with Crippen molar-refractivity contribution in [2.24, 2.45) is 0 Å². The molecule has 8 heteroatoms. The number of furan rings is 2. The van der Waals surface area contributed by atoms with Gasteiger partial charge in [0.1, 0.15) is 17.4 Å². The third-order valence-corrected chi connectivity index (χ3v) is 3.82. The molecule has 0 radical (unpaired) electrons. The van der Waals surface area contributed by atoms with Crippen molar-refractivity contribution in [3.63, 3.8) is 0 Å². The summed E-state index contributed by atoms with van der Waals surface area (Å²) in [6.45, 7) is 6.66. The molecule has 0 saturated carbocycles. The molecule has 1 amide bonds. The number of ketones is 1. The molecule has 2 aromatic heterocycles. The number of esters is 1. The van der Waals surface area contributed by atoms with Crippen LogP contribution in [-0.4, -0.2) is 30.8 Å². The molecule has 0 spiro atoms. The first kappa shape index (κ1) is 19.5. The van der Waals surface area contributed by atoms with Gasteiger partial charge in [-0.3, -0.25) is 14.9 Å². The van der Waals surface area contributed by atoms with Crippen LogP contribution in [0.5, 0.6) is 0 Å². The second-order valence-electron chi connectivity index (χ2n) is 5.81. The molecule has 0 aromatic carbocycles. The van der Waals surface area contributed by atoms with Crippen LogP contribution in [-0.2, 0) is 9.53 Å². The van der Waals surface area contributed by atoms with E-state index in [0.717, 1.165) is 5.76 Å². The van der Waals surface area contributed by atoms with E-state index in [1.54, 1.807) is 31.5 Å². The molecule has 140 valence electrons. The summed E-state index contributed by atoms with van der Waals surface area (Å²) in [6.07, 6.45) is 1.57. The smallest absolute Gasteiger partial charge is 0.344 e. The second-order valence-corrected chi connectivity index (χ2v) is 5.81. The molecule has 2 heterocycles. The van der Waals surface area contributed by atoms with E-state index in [4.69, 9.17) is 13.6 Å². The Bertz CT molecular complexity index is 791. The maximum Gasteiger partial charge on any atom is 0.344 e. The van der Waals surface area contributed by atoms with Crippen LogP contribution in [0.15, 0.2) is 27.2 Å². The first-order chi connectivity index (χ1) is 12.3. The Morgan fingerprint density at radius 1 is 1.31 bits per heavy atom. The van der Waals surface area contributed by atoms with Crippen LogP contribution < -0.4 is 10.6 Å². The number of hydrogen-bond donors (Lipinski definition) is 2. The van der Waals surface area contributed by atoms with E-state index in [9.17, 15) is 14.4 Å². The number of carbonyl (C=O) groups excluding carboxylic acids is 3. The van der Waals surface area contributed by atoms with Gasteiger partial charge >= 0.3 is 5.97 Å². The van der Waals surface area contributed by atoms with E-state index in [-0.39, 0.29) is 53.7 Å². The van der Waals surface area contributed by atoms with Crippen molar-refractivity contribution in [2.75, 3.05) is 18.5 Å². The minimum absolute atomic E-state index is 0.0496. The van der Waals surface area contributed by atoms with Gasteiger partial charge in [-0.15, -0.1) is 0 Å². The number of rotatable bonds is 8. The largest absolute Gasteiger partial charge is 0.463 e. The Morgan fingerprint density at radius 2 is 2.04 bits per heavy atom. The lowest BCUT2D eigenvalue weighted by Gasteiger charge is -2.08. The first-order valence-electron chi connectivity index (χ1n) is 8.33. The summed E-state index contributed by atoms with van der Waals surface area (Å²) in [4.78, 5) is 36.3. The maximum atomic E-state index is 12.2. The van der Waals surface area contributed by atoms with Crippen molar-refractivity contribution in [1.82, 2.24) is 0 Å². The summed E-state index contributed by atoms with van der Waals surface area (Å²) in [6, 6.07) is 3.55. The highest BCUT2D eigenvalue weighted by molar-refractivity contribution is 6.10. The van der Waals surface area contributed by atoms with E-state index in [0.29, 0.717) is 0 Å². The monoisotopic (exact) mass is 363 g/mol. The van der Waals surface area contributed by atoms with Crippen LogP contribution >= 0.6 is 0 Å². The van der Waals surface area contributed by atoms with E-state index < -0.39 is 5.97 Å². The lowest BCUT2D eigenvalue weighted by Crippen LogP contribution is -2.86. The quantitative estimate of drug-likeness (QED) is 0.546. The molecule has 0 saturated heterocycles. The zero-order chi connectivity index (χ0) is 19.3. The Hall–Kier alpha value is -2.87. The summed E-state index contributed by atoms with van der Waals surface area (Å²) in [7, 11) is 0. The number of nitrogens with one attached hydrogen (secondary N) is 1. The highest BCUT2D eigenvalue weighted by Gasteiger charge is 2.29. The van der Waals surface area contributed by atoms with Crippen LogP contribution in [0, 0.1) is 6.92 Å². The lowest BCUT2D eigenvalue weighted by molar-refractivity contribution is -0.684. The summed E-state index contributed by atoms with van der Waals surface area (Å²) < 4.78 is 15.7. The molecule has 0 aliphatic heterocycles. The molecule has 26 heavy (non-hydrogen) atoms. The van der Waals surface area contributed by atoms with Crippen molar-refractivity contribution in [3.8, 4) is 0 Å². The highest BCUT2D eigenvalue weighted by Crippen LogP contribution is 2.28. The van der Waals surface area contributed by atoms with Crippen LogP contribution in [0.4, 0.5) is 5.88 Å². The average Bonchev–Trinajstić information content (AvgIpc) is 3.20. The molecule has 0 unspecified atom stereocenters. The summed E-state index contributed by atoms with van der Waals surface area (Å²) in [5.74, 6) is -0.500. The SMILES string of the molecule is CCOC(=O)c1c(NC(=O)C[NH2+][C@@H](C)c2ccco2)oc(C)c1C(C)=O. The molecule has 2 aromatic rings. The Kier molecular flexibility index (Phi) is 6.35. The number of amides is 1. The van der Waals surface area contributed by atoms with Gasteiger partial charge in [0.15, 0.2) is 18.1 Å². The molecule has 3 N–H and O–H groups in total. The van der Waals surface area contributed by atoms with Crippen LogP contribution in [0.2, 0.25) is 0 Å². The third-order valence-electron chi connectivity index (χ3n) is 3.82. The molecule has 0 bridgehead atoms. The number of quaternary nitrogens is 1. The lowest BCUT2D eigenvalue weighted by atomic mass is 10.1. The van der Waals surface area contributed by atoms with Gasteiger partial charge in [0.25, 0.3) is 5.91 Å². The normalized spacial score (nSPS) is 11.8. The average molecular weight is 363 g/mol. The number of anilines is 1. The van der Waals surface area contributed by atoms with Crippen molar-refractivity contribution in [1.29, 1.82) is 0 Å². The fourth-order valence-corrected chi connectivity index (χ4v) is 2.58. The standard InChI is InChI=1S/C18H22N2O6/c1-5-24-18(23)16-15(11(3)21)12(4)26-17(16)20-14(22)9-19-10(2)13-7-6-8-25-13/h6-8,10,19H,5,9H2,1-4H3,(H,20,22)/p+1/t10-/m0/s1. The zero-order valence-corrected chi connectivity index (χ0v) is 15.3. The molecular weight excluding hydrogens is 340 g/mol. The molecule has 0 fully saturated rings. The van der Waals surface area contributed by atoms with E-state index in [1.807, 2.05) is 13.0 Å². The van der Waals surface area contributed by atoms with Crippen LogP contribution in [0.25, 0.3) is 0 Å². The number of nitrogens with two attached hydrogens (primary N) is 1. The summed E-state index contributed by atoms with van der Waals surface area (Å²) >= 11 is 0. The van der Waals surface area contributed by atoms with Gasteiger partial charge in [0.2, 0.25) is 5.88 Å². The van der Waals surface area contributed by atoms with Crippen LogP contribution in [0.3, 0.4) is 0 Å². The van der Waals surface area contributed by atoms with Crippen molar-refractivity contribution in [2.45, 2.75) is 33.7 Å². The molecule has 0 aliphatic carbocycles. The minimum atomic E-state index is -0.710. The molecule has 1 atom stereocenters. The highest BCUT2D eigenvalue weighted by atomic mass is 16.5. The van der Waals surface area contributed by atoms with Gasteiger partial charge in [0.05, 0.1) is 18.4 Å². The van der Waals surface area contributed by atoms with E-state index >= 15 is 0 Å². The predicted octanol–water partition coefficient (Wildman–Crippen LogP) is 1.82. The number of hydrogen-bond acceptors (Lipinski definition) is 6. The van der Waals surface area contributed by atoms with E-state index in [2.05, 4.69) is 5.32 Å². The van der Waals surface area contributed by atoms with Gasteiger partial charge in [0, 0.05) is 0 Å². The molecule has 8 nitrogen and oxygen atoms in total. The Morgan fingerprint density at radius 3 is 2.62 bits per heavy atom. The van der Waals surface area contributed by atoms with Gasteiger partial charge < -0.3 is 18.9 Å². The van der Waals surface area contributed by atoms with Crippen molar-refractivity contribution >= 4 is 23.5 Å². The van der Waals surface area contributed by atoms with Gasteiger partial charge in [-0.25, -0.2) is 4.79 Å². The maximum absolute atomic E-state index is 12.2. The molecule has 0 aliphatic rings. The fourth-order valence-electron chi connectivity index (χ4n) is 2.58. The van der Waals surface area contributed by atoms with Gasteiger partial charge in [-0.05, 0) is 39.8 Å². The second kappa shape index (κ2) is 8.48. The van der Waals surface area contributed by atoms with Gasteiger partial charge in [-0.1, -0.05) is 0 Å². The summed E-state index contributed by atoms with van der Waals surface area (Å²) in [5.41, 5.74) is 0.0657. The topological polar surface area (TPSA) is 115 Å². The minimum Gasteiger partial charge on any atom is -0.463 e. The van der Waals surface area contributed by atoms with Crippen molar-refractivity contribution < 1.29 is 33.3 Å². The number of aryl methyl sites for hydroxylation is 1. The van der Waals surface area contributed by atoms with Gasteiger partial charge in [-0.2, -0.15) is 0 Å². The Balaban J connectivity index is 2.12. The first-order valence-corrected chi connectivity index (χ1v) is 8.33. The van der Waals surface area contributed by atoms with Crippen LogP contribution in [0.1, 0.15) is 59.0 Å². The number of Topliss-reactive ketones (excluding diaryl/α,β-unsaturated/α-hetero) is 1. The Labute approximate surface area is 150 Å². The number of ether oxygens (including phenoxy) is 1. The third kappa shape index (κ3) is 4.40. The fraction of sp³-hybridized carbons (Fsp3) is 0.389. The van der Waals surface area contributed by atoms with Crippen molar-refractivity contribution in [3.05, 3.63) is 41.0 Å². The predicted molar refractivity (Wildman–Crippen MR) is 92.0 cm³/mol. The van der Waals surface area contributed by atoms with E-state index in [1.165, 1.54) is 6.92 Å². The zero-order valence-electron chi connectivity index (χ0n) is 15.3. The molecular formula is C18H23N2O6+. The number of carbonyl (C=O) groups is 3.